The Morgan fingerprint density at radius 3 is 2.00 bits per heavy atom. The molecule has 0 spiro atoms. The van der Waals surface area contributed by atoms with Gasteiger partial charge in [0.25, 0.3) is 0 Å². The van der Waals surface area contributed by atoms with E-state index in [-0.39, 0.29) is 0 Å². The van der Waals surface area contributed by atoms with E-state index in [1.54, 1.807) is 0 Å². The Balaban J connectivity index is 1.63. The van der Waals surface area contributed by atoms with Gasteiger partial charge in [0.05, 0.1) is 0 Å². The highest BCUT2D eigenvalue weighted by molar-refractivity contribution is 5.57. The van der Waals surface area contributed by atoms with Crippen molar-refractivity contribution >= 4 is 5.69 Å². The van der Waals surface area contributed by atoms with E-state index >= 15 is 0 Å². The topological polar surface area (TPSA) is 6.48 Å². The lowest BCUT2D eigenvalue weighted by atomic mass is 9.80. The van der Waals surface area contributed by atoms with Gasteiger partial charge in [0, 0.05) is 23.8 Å². The van der Waals surface area contributed by atoms with E-state index in [1.165, 1.54) is 81.0 Å². The molecule has 2 aromatic rings. The number of rotatable bonds is 4. The van der Waals surface area contributed by atoms with Crippen LogP contribution in [0.5, 0.6) is 0 Å². The van der Waals surface area contributed by atoms with Crippen molar-refractivity contribution in [2.45, 2.75) is 102 Å². The highest BCUT2D eigenvalue weighted by atomic mass is 15.5. The highest BCUT2D eigenvalue weighted by Crippen LogP contribution is 2.49. The van der Waals surface area contributed by atoms with Crippen molar-refractivity contribution in [3.05, 3.63) is 65.7 Å². The van der Waals surface area contributed by atoms with E-state index < -0.39 is 0 Å². The summed E-state index contributed by atoms with van der Waals surface area (Å²) >= 11 is 0. The smallest absolute Gasteiger partial charge is 0.109 e. The van der Waals surface area contributed by atoms with Crippen LogP contribution in [-0.4, -0.2) is 23.0 Å². The SMILES string of the molecule is Cc1ccccc1N1C(c2ccccc2)N(C2CCCCC2)C(C2CCCCC2)[C@@H]1C. The minimum absolute atomic E-state index is 0.354. The molecule has 2 aromatic carbocycles. The summed E-state index contributed by atoms with van der Waals surface area (Å²) in [6, 6.07) is 22.4. The minimum Gasteiger partial charge on any atom is -0.347 e. The molecule has 2 heteroatoms. The second-order valence-corrected chi connectivity index (χ2v) is 10.3. The third kappa shape index (κ3) is 4.04. The summed E-state index contributed by atoms with van der Waals surface area (Å²) < 4.78 is 0. The number of nitrogens with zero attached hydrogens (tertiary/aromatic N) is 2. The van der Waals surface area contributed by atoms with Crippen molar-refractivity contribution in [1.82, 2.24) is 4.90 Å². The second kappa shape index (κ2) is 9.36. The predicted molar refractivity (Wildman–Crippen MR) is 131 cm³/mol. The average Bonchev–Trinajstić information content (AvgIpc) is 3.14. The Morgan fingerprint density at radius 1 is 0.710 bits per heavy atom. The standard InChI is InChI=1S/C29H40N2/c1-22-14-12-13-21-27(22)30-23(2)28(24-15-6-3-7-16-24)31(26-19-10-5-11-20-26)29(30)25-17-8-4-9-18-25/h4,8-9,12-14,17-18,21,23-24,26,28-29H,3,5-7,10-11,15-16,19-20H2,1-2H3/t23-,28?,29?/m0/s1. The monoisotopic (exact) mass is 416 g/mol. The molecule has 0 radical (unpaired) electrons. The zero-order valence-corrected chi connectivity index (χ0v) is 19.5. The fourth-order valence-electron chi connectivity index (χ4n) is 7.04. The maximum Gasteiger partial charge on any atom is 0.109 e. The minimum atomic E-state index is 0.354. The Kier molecular flexibility index (Phi) is 6.36. The van der Waals surface area contributed by atoms with Crippen molar-refractivity contribution in [2.24, 2.45) is 5.92 Å². The number of anilines is 1. The summed E-state index contributed by atoms with van der Waals surface area (Å²) in [5.41, 5.74) is 4.31. The largest absolute Gasteiger partial charge is 0.347 e. The maximum absolute atomic E-state index is 3.03. The van der Waals surface area contributed by atoms with Gasteiger partial charge in [-0.25, -0.2) is 0 Å². The van der Waals surface area contributed by atoms with Crippen molar-refractivity contribution < 1.29 is 0 Å². The van der Waals surface area contributed by atoms with Gasteiger partial charge in [-0.2, -0.15) is 0 Å². The first-order valence-electron chi connectivity index (χ1n) is 12.9. The third-order valence-electron chi connectivity index (χ3n) is 8.44. The molecule has 1 saturated heterocycles. The van der Waals surface area contributed by atoms with Gasteiger partial charge in [-0.3, -0.25) is 4.90 Å². The molecule has 3 fully saturated rings. The summed E-state index contributed by atoms with van der Waals surface area (Å²) in [7, 11) is 0. The van der Waals surface area contributed by atoms with Crippen LogP contribution in [0.4, 0.5) is 5.69 Å². The van der Waals surface area contributed by atoms with Crippen LogP contribution in [0.1, 0.15) is 88.4 Å². The normalized spacial score (nSPS) is 28.8. The van der Waals surface area contributed by atoms with Gasteiger partial charge in [-0.05, 0) is 62.6 Å². The lowest BCUT2D eigenvalue weighted by Gasteiger charge is -2.43. The van der Waals surface area contributed by atoms with E-state index in [4.69, 9.17) is 0 Å². The Hall–Kier alpha value is -1.80. The van der Waals surface area contributed by atoms with Crippen LogP contribution < -0.4 is 4.90 Å². The summed E-state index contributed by atoms with van der Waals surface area (Å²) in [6.45, 7) is 4.83. The molecule has 31 heavy (non-hydrogen) atoms. The number of hydrogen-bond donors (Lipinski definition) is 0. The average molecular weight is 417 g/mol. The van der Waals surface area contributed by atoms with Crippen LogP contribution >= 0.6 is 0 Å². The van der Waals surface area contributed by atoms with Crippen molar-refractivity contribution in [2.75, 3.05) is 4.90 Å². The number of aryl methyl sites for hydroxylation is 1. The van der Waals surface area contributed by atoms with E-state index in [2.05, 4.69) is 78.2 Å². The lowest BCUT2D eigenvalue weighted by Crippen LogP contribution is -2.48. The molecule has 2 nitrogen and oxygen atoms in total. The predicted octanol–water partition coefficient (Wildman–Crippen LogP) is 7.49. The molecular formula is C29H40N2. The molecule has 2 aliphatic carbocycles. The van der Waals surface area contributed by atoms with Crippen LogP contribution in [0.2, 0.25) is 0 Å². The Labute approximate surface area is 189 Å². The zero-order valence-electron chi connectivity index (χ0n) is 19.5. The summed E-state index contributed by atoms with van der Waals surface area (Å²) in [6.07, 6.45) is 14.4. The molecule has 0 bridgehead atoms. The first kappa shape index (κ1) is 21.1. The van der Waals surface area contributed by atoms with E-state index in [0.29, 0.717) is 18.2 Å². The van der Waals surface area contributed by atoms with Crippen molar-refractivity contribution in [1.29, 1.82) is 0 Å². The Bertz CT molecular complexity index is 835. The van der Waals surface area contributed by atoms with Crippen molar-refractivity contribution in [3.63, 3.8) is 0 Å². The molecule has 5 rings (SSSR count). The maximum atomic E-state index is 3.03. The molecule has 0 N–H and O–H groups in total. The molecule has 0 amide bonds. The fraction of sp³-hybridized carbons (Fsp3) is 0.586. The first-order chi connectivity index (χ1) is 15.3. The number of hydrogen-bond acceptors (Lipinski definition) is 2. The molecule has 1 aliphatic heterocycles. The molecule has 166 valence electrons. The van der Waals surface area contributed by atoms with Crippen LogP contribution in [0.3, 0.4) is 0 Å². The second-order valence-electron chi connectivity index (χ2n) is 10.3. The molecule has 3 aliphatic rings. The van der Waals surface area contributed by atoms with E-state index in [1.807, 2.05) is 0 Å². The molecule has 0 aromatic heterocycles. The van der Waals surface area contributed by atoms with Gasteiger partial charge >= 0.3 is 0 Å². The summed E-state index contributed by atoms with van der Waals surface area (Å²) in [5, 5.41) is 0. The van der Waals surface area contributed by atoms with Crippen LogP contribution in [0, 0.1) is 12.8 Å². The molecular weight excluding hydrogens is 376 g/mol. The lowest BCUT2D eigenvalue weighted by molar-refractivity contribution is 0.0551. The first-order valence-corrected chi connectivity index (χ1v) is 12.9. The van der Waals surface area contributed by atoms with E-state index in [9.17, 15) is 0 Å². The van der Waals surface area contributed by atoms with Gasteiger partial charge in [0.2, 0.25) is 0 Å². The molecule has 2 unspecified atom stereocenters. The van der Waals surface area contributed by atoms with Crippen LogP contribution in [0.15, 0.2) is 54.6 Å². The van der Waals surface area contributed by atoms with Crippen LogP contribution in [-0.2, 0) is 0 Å². The van der Waals surface area contributed by atoms with Gasteiger partial charge in [-0.1, -0.05) is 87.1 Å². The van der Waals surface area contributed by atoms with Gasteiger partial charge in [0.1, 0.15) is 6.17 Å². The zero-order chi connectivity index (χ0) is 21.2. The fourth-order valence-corrected chi connectivity index (χ4v) is 7.04. The quantitative estimate of drug-likeness (QED) is 0.509. The van der Waals surface area contributed by atoms with Crippen LogP contribution in [0.25, 0.3) is 0 Å². The third-order valence-corrected chi connectivity index (χ3v) is 8.44. The molecule has 2 saturated carbocycles. The molecule has 1 heterocycles. The van der Waals surface area contributed by atoms with Gasteiger partial charge in [0.15, 0.2) is 0 Å². The van der Waals surface area contributed by atoms with E-state index in [0.717, 1.165) is 12.0 Å². The number of benzene rings is 2. The molecule has 3 atom stereocenters. The van der Waals surface area contributed by atoms with Gasteiger partial charge < -0.3 is 4.90 Å². The number of para-hydroxylation sites is 1. The summed E-state index contributed by atoms with van der Waals surface area (Å²) in [5.74, 6) is 0.839. The Morgan fingerprint density at radius 2 is 1.32 bits per heavy atom. The summed E-state index contributed by atoms with van der Waals surface area (Å²) in [4.78, 5) is 5.83. The van der Waals surface area contributed by atoms with Gasteiger partial charge in [-0.15, -0.1) is 0 Å². The van der Waals surface area contributed by atoms with Crippen molar-refractivity contribution in [3.8, 4) is 0 Å². The highest BCUT2D eigenvalue weighted by Gasteiger charge is 2.51.